The van der Waals surface area contributed by atoms with Crippen LogP contribution < -0.4 is 5.32 Å². The normalized spacial score (nSPS) is 10.9. The van der Waals surface area contributed by atoms with Crippen LogP contribution in [0, 0.1) is 6.92 Å². The Balaban J connectivity index is 1.74. The van der Waals surface area contributed by atoms with Crippen molar-refractivity contribution in [1.29, 1.82) is 0 Å². The maximum absolute atomic E-state index is 4.32. The van der Waals surface area contributed by atoms with Crippen molar-refractivity contribution in [2.24, 2.45) is 7.05 Å². The lowest BCUT2D eigenvalue weighted by Gasteiger charge is -2.01. The minimum absolute atomic E-state index is 0.907. The molecule has 0 aliphatic rings. The molecule has 0 unspecified atom stereocenters. The summed E-state index contributed by atoms with van der Waals surface area (Å²) in [7, 11) is 1.96. The number of nitrogens with one attached hydrogen (secondary N) is 1. The summed E-state index contributed by atoms with van der Waals surface area (Å²) in [5.41, 5.74) is 4.31. The zero-order valence-electron chi connectivity index (χ0n) is 9.60. The molecule has 0 bridgehead atoms. The van der Waals surface area contributed by atoms with Crippen molar-refractivity contribution in [2.75, 3.05) is 6.54 Å². The molecular weight excluding hydrogens is 220 g/mol. The van der Waals surface area contributed by atoms with Gasteiger partial charge in [0.2, 0.25) is 0 Å². The highest BCUT2D eigenvalue weighted by Gasteiger charge is 2.02. The van der Waals surface area contributed by atoms with E-state index in [0.29, 0.717) is 0 Å². The molecular formula is C11H16N4S. The Bertz CT molecular complexity index is 433. The molecule has 1 N–H and O–H groups in total. The fourth-order valence-corrected chi connectivity index (χ4v) is 2.22. The molecule has 0 radical (unpaired) electrons. The number of hydrogen-bond donors (Lipinski definition) is 1. The lowest BCUT2D eigenvalue weighted by Crippen LogP contribution is -2.16. The van der Waals surface area contributed by atoms with E-state index in [2.05, 4.69) is 28.5 Å². The molecule has 0 spiro atoms. The molecule has 2 heterocycles. The molecule has 4 nitrogen and oxygen atoms in total. The van der Waals surface area contributed by atoms with Crippen LogP contribution in [0.4, 0.5) is 0 Å². The molecule has 0 aromatic carbocycles. The largest absolute Gasteiger partial charge is 0.311 e. The van der Waals surface area contributed by atoms with Gasteiger partial charge in [-0.2, -0.15) is 5.10 Å². The Morgan fingerprint density at radius 2 is 2.38 bits per heavy atom. The van der Waals surface area contributed by atoms with E-state index in [1.807, 2.05) is 23.4 Å². The lowest BCUT2D eigenvalue weighted by atomic mass is 10.2. The topological polar surface area (TPSA) is 42.7 Å². The summed E-state index contributed by atoms with van der Waals surface area (Å²) in [5, 5.41) is 7.73. The lowest BCUT2D eigenvalue weighted by molar-refractivity contribution is 0.691. The first kappa shape index (κ1) is 11.3. The van der Waals surface area contributed by atoms with Crippen molar-refractivity contribution in [2.45, 2.75) is 19.9 Å². The van der Waals surface area contributed by atoms with Crippen molar-refractivity contribution in [3.63, 3.8) is 0 Å². The summed E-state index contributed by atoms with van der Waals surface area (Å²) >= 11 is 1.69. The Kier molecular flexibility index (Phi) is 3.69. The van der Waals surface area contributed by atoms with E-state index in [-0.39, 0.29) is 0 Å². The van der Waals surface area contributed by atoms with Crippen LogP contribution in [-0.2, 0) is 20.0 Å². The number of rotatable bonds is 5. The first-order valence-corrected chi connectivity index (χ1v) is 6.21. The summed E-state index contributed by atoms with van der Waals surface area (Å²) in [6.45, 7) is 3.94. The van der Waals surface area contributed by atoms with Crippen LogP contribution in [0.3, 0.4) is 0 Å². The van der Waals surface area contributed by atoms with Crippen LogP contribution in [0.25, 0.3) is 0 Å². The van der Waals surface area contributed by atoms with Crippen LogP contribution in [0.1, 0.15) is 16.1 Å². The van der Waals surface area contributed by atoms with Gasteiger partial charge in [0.15, 0.2) is 0 Å². The second-order valence-corrected chi connectivity index (χ2v) is 4.78. The van der Waals surface area contributed by atoms with Crippen molar-refractivity contribution in [3.05, 3.63) is 34.0 Å². The summed E-state index contributed by atoms with van der Waals surface area (Å²) in [5.74, 6) is 0. The van der Waals surface area contributed by atoms with Gasteiger partial charge in [-0.3, -0.25) is 9.67 Å². The van der Waals surface area contributed by atoms with E-state index < -0.39 is 0 Å². The molecule has 16 heavy (non-hydrogen) atoms. The van der Waals surface area contributed by atoms with Crippen LogP contribution in [0.15, 0.2) is 17.9 Å². The fraction of sp³-hybridized carbons (Fsp3) is 0.455. The minimum atomic E-state index is 0.907. The highest BCUT2D eigenvalue weighted by atomic mass is 32.1. The molecule has 0 aliphatic heterocycles. The third-order valence-electron chi connectivity index (χ3n) is 2.47. The quantitative estimate of drug-likeness (QED) is 0.800. The number of aryl methyl sites for hydroxylation is 2. The van der Waals surface area contributed by atoms with Crippen LogP contribution in [-0.4, -0.2) is 21.3 Å². The SMILES string of the molecule is Cc1nn(C)cc1CCNCc1cncs1. The van der Waals surface area contributed by atoms with E-state index in [1.165, 1.54) is 10.4 Å². The second-order valence-electron chi connectivity index (χ2n) is 3.81. The maximum Gasteiger partial charge on any atom is 0.0794 e. The van der Waals surface area contributed by atoms with Crippen molar-refractivity contribution in [1.82, 2.24) is 20.1 Å². The maximum atomic E-state index is 4.32. The molecule has 2 rings (SSSR count). The molecule has 86 valence electrons. The molecule has 0 saturated heterocycles. The zero-order valence-corrected chi connectivity index (χ0v) is 10.4. The van der Waals surface area contributed by atoms with Crippen LogP contribution in [0.2, 0.25) is 0 Å². The van der Waals surface area contributed by atoms with Crippen molar-refractivity contribution >= 4 is 11.3 Å². The van der Waals surface area contributed by atoms with Gasteiger partial charge < -0.3 is 5.32 Å². The Morgan fingerprint density at radius 1 is 1.50 bits per heavy atom. The van der Waals surface area contributed by atoms with Gasteiger partial charge in [0.25, 0.3) is 0 Å². The predicted octanol–water partition coefficient (Wildman–Crippen LogP) is 1.52. The average Bonchev–Trinajstić information content (AvgIpc) is 2.84. The van der Waals surface area contributed by atoms with Gasteiger partial charge in [0.1, 0.15) is 0 Å². The van der Waals surface area contributed by atoms with E-state index >= 15 is 0 Å². The highest BCUT2D eigenvalue weighted by molar-refractivity contribution is 7.09. The number of thiazole rings is 1. The molecule has 0 atom stereocenters. The first-order chi connectivity index (χ1) is 7.75. The second kappa shape index (κ2) is 5.23. The van der Waals surface area contributed by atoms with E-state index in [1.54, 1.807) is 11.3 Å². The van der Waals surface area contributed by atoms with Crippen molar-refractivity contribution < 1.29 is 0 Å². The van der Waals surface area contributed by atoms with E-state index in [9.17, 15) is 0 Å². The molecule has 0 fully saturated rings. The molecule has 0 saturated carbocycles. The average molecular weight is 236 g/mol. The number of nitrogens with zero attached hydrogens (tertiary/aromatic N) is 3. The smallest absolute Gasteiger partial charge is 0.0794 e. The third kappa shape index (κ3) is 2.90. The standard InChI is InChI=1S/C11H16N4S/c1-9-10(7-15(2)14-9)3-4-12-5-11-6-13-8-16-11/h6-8,12H,3-5H2,1-2H3. The Hall–Kier alpha value is -1.20. The minimum Gasteiger partial charge on any atom is -0.311 e. The van der Waals surface area contributed by atoms with Gasteiger partial charge >= 0.3 is 0 Å². The van der Waals surface area contributed by atoms with Crippen LogP contribution in [0.5, 0.6) is 0 Å². The Morgan fingerprint density at radius 3 is 3.00 bits per heavy atom. The third-order valence-corrected chi connectivity index (χ3v) is 3.25. The molecule has 2 aromatic rings. The van der Waals surface area contributed by atoms with Gasteiger partial charge in [-0.25, -0.2) is 0 Å². The van der Waals surface area contributed by atoms with Gasteiger partial charge in [-0.1, -0.05) is 0 Å². The highest BCUT2D eigenvalue weighted by Crippen LogP contribution is 2.06. The van der Waals surface area contributed by atoms with Gasteiger partial charge in [0.05, 0.1) is 11.2 Å². The fourth-order valence-electron chi connectivity index (χ4n) is 1.66. The summed E-state index contributed by atoms with van der Waals surface area (Å²) < 4.78 is 1.87. The molecule has 5 heteroatoms. The van der Waals surface area contributed by atoms with Gasteiger partial charge in [-0.15, -0.1) is 11.3 Å². The van der Waals surface area contributed by atoms with Gasteiger partial charge in [-0.05, 0) is 25.5 Å². The van der Waals surface area contributed by atoms with Crippen LogP contribution >= 0.6 is 11.3 Å². The van der Waals surface area contributed by atoms with Crippen molar-refractivity contribution in [3.8, 4) is 0 Å². The summed E-state index contributed by atoms with van der Waals surface area (Å²) in [6.07, 6.45) is 5.02. The monoisotopic (exact) mass is 236 g/mol. The predicted molar refractivity (Wildman–Crippen MR) is 65.5 cm³/mol. The zero-order chi connectivity index (χ0) is 11.4. The number of hydrogen-bond acceptors (Lipinski definition) is 4. The first-order valence-electron chi connectivity index (χ1n) is 5.33. The molecule has 0 amide bonds. The summed E-state index contributed by atoms with van der Waals surface area (Å²) in [4.78, 5) is 5.32. The number of aromatic nitrogens is 3. The molecule has 0 aliphatic carbocycles. The Labute approximate surface area is 99.3 Å². The summed E-state index contributed by atoms with van der Waals surface area (Å²) in [6, 6.07) is 0. The van der Waals surface area contributed by atoms with E-state index in [0.717, 1.165) is 25.2 Å². The van der Waals surface area contributed by atoms with E-state index in [4.69, 9.17) is 0 Å². The molecule has 2 aromatic heterocycles. The van der Waals surface area contributed by atoms with Gasteiger partial charge in [0, 0.05) is 30.9 Å².